The van der Waals surface area contributed by atoms with Gasteiger partial charge >= 0.3 is 12.1 Å². The van der Waals surface area contributed by atoms with Crippen LogP contribution in [-0.4, -0.2) is 31.2 Å². The van der Waals surface area contributed by atoms with Crippen LogP contribution in [0.4, 0.5) is 16.2 Å². The molecule has 0 saturated heterocycles. The van der Waals surface area contributed by atoms with Crippen LogP contribution in [0.1, 0.15) is 44.7 Å². The summed E-state index contributed by atoms with van der Waals surface area (Å²) in [5.41, 5.74) is 5.84. The van der Waals surface area contributed by atoms with E-state index in [2.05, 4.69) is 34.9 Å². The second kappa shape index (κ2) is 11.0. The Kier molecular flexibility index (Phi) is 7.17. The number of hydrogen-bond donors (Lipinski definition) is 2. The molecule has 0 radical (unpaired) electrons. The number of carbonyl (C=O) groups is 3. The molecule has 7 heteroatoms. The largest absolute Gasteiger partial charge is 0.462 e. The van der Waals surface area contributed by atoms with E-state index in [9.17, 15) is 14.4 Å². The summed E-state index contributed by atoms with van der Waals surface area (Å²) < 4.78 is 10.6. The highest BCUT2D eigenvalue weighted by Gasteiger charge is 2.29. The number of amides is 2. The maximum absolute atomic E-state index is 13.0. The fourth-order valence-electron chi connectivity index (χ4n) is 4.67. The number of esters is 1. The quantitative estimate of drug-likeness (QED) is 0.280. The first-order valence-corrected chi connectivity index (χ1v) is 12.3. The highest BCUT2D eigenvalue weighted by atomic mass is 16.5. The van der Waals surface area contributed by atoms with Gasteiger partial charge in [-0.3, -0.25) is 10.1 Å². The van der Waals surface area contributed by atoms with Crippen molar-refractivity contribution in [3.63, 3.8) is 0 Å². The molecule has 7 nitrogen and oxygen atoms in total. The Morgan fingerprint density at radius 1 is 0.737 bits per heavy atom. The number of fused-ring (bicyclic) bond motifs is 3. The van der Waals surface area contributed by atoms with Gasteiger partial charge in [-0.15, -0.1) is 0 Å². The SMILES string of the molecule is CCOC(=O)c1cccc(NC(=O)c2ccccc2NC(=O)OCC2c3ccccc3-c3ccccc32)c1. The molecule has 0 spiro atoms. The van der Waals surface area contributed by atoms with E-state index in [0.29, 0.717) is 16.9 Å². The van der Waals surface area contributed by atoms with Gasteiger partial charge in [0, 0.05) is 11.6 Å². The first-order chi connectivity index (χ1) is 18.5. The highest BCUT2D eigenvalue weighted by molar-refractivity contribution is 6.10. The van der Waals surface area contributed by atoms with Gasteiger partial charge in [0.25, 0.3) is 5.91 Å². The predicted molar refractivity (Wildman–Crippen MR) is 145 cm³/mol. The van der Waals surface area contributed by atoms with Crippen LogP contribution in [0, 0.1) is 0 Å². The Morgan fingerprint density at radius 3 is 2.11 bits per heavy atom. The van der Waals surface area contributed by atoms with Crippen LogP contribution in [0.5, 0.6) is 0 Å². The number of hydrogen-bond acceptors (Lipinski definition) is 5. The molecule has 0 aliphatic heterocycles. The molecule has 38 heavy (non-hydrogen) atoms. The topological polar surface area (TPSA) is 93.7 Å². The van der Waals surface area contributed by atoms with Gasteiger partial charge in [-0.1, -0.05) is 66.7 Å². The molecule has 1 aliphatic carbocycles. The summed E-state index contributed by atoms with van der Waals surface area (Å²) >= 11 is 0. The normalized spacial score (nSPS) is 11.7. The molecule has 0 fully saturated rings. The maximum Gasteiger partial charge on any atom is 0.411 e. The van der Waals surface area contributed by atoms with Crippen LogP contribution in [0.3, 0.4) is 0 Å². The van der Waals surface area contributed by atoms with Gasteiger partial charge in [0.2, 0.25) is 0 Å². The van der Waals surface area contributed by atoms with Gasteiger partial charge in [-0.05, 0) is 59.5 Å². The molecule has 1 aliphatic rings. The molecule has 2 N–H and O–H groups in total. The number of carbonyl (C=O) groups excluding carboxylic acids is 3. The van der Waals surface area contributed by atoms with E-state index < -0.39 is 18.0 Å². The van der Waals surface area contributed by atoms with E-state index in [4.69, 9.17) is 9.47 Å². The van der Waals surface area contributed by atoms with Gasteiger partial charge in [0.15, 0.2) is 0 Å². The second-order valence-electron chi connectivity index (χ2n) is 8.75. The van der Waals surface area contributed by atoms with Crippen molar-refractivity contribution in [3.8, 4) is 11.1 Å². The first-order valence-electron chi connectivity index (χ1n) is 12.3. The van der Waals surface area contributed by atoms with Crippen molar-refractivity contribution in [2.75, 3.05) is 23.8 Å². The van der Waals surface area contributed by atoms with Gasteiger partial charge in [-0.2, -0.15) is 0 Å². The minimum Gasteiger partial charge on any atom is -0.462 e. The number of rotatable bonds is 7. The molecule has 0 unspecified atom stereocenters. The second-order valence-corrected chi connectivity index (χ2v) is 8.75. The number of ether oxygens (including phenoxy) is 2. The lowest BCUT2D eigenvalue weighted by Gasteiger charge is -2.16. The van der Waals surface area contributed by atoms with Crippen molar-refractivity contribution in [3.05, 3.63) is 119 Å². The van der Waals surface area contributed by atoms with E-state index in [-0.39, 0.29) is 24.7 Å². The molecule has 4 aromatic rings. The lowest BCUT2D eigenvalue weighted by molar-refractivity contribution is 0.0526. The zero-order valence-corrected chi connectivity index (χ0v) is 20.8. The molecule has 0 saturated carbocycles. The Morgan fingerprint density at radius 2 is 1.39 bits per heavy atom. The summed E-state index contributed by atoms with van der Waals surface area (Å²) in [6, 6.07) is 29.3. The van der Waals surface area contributed by atoms with Crippen LogP contribution < -0.4 is 10.6 Å². The minimum atomic E-state index is -0.656. The Bertz CT molecular complexity index is 1470. The van der Waals surface area contributed by atoms with E-state index >= 15 is 0 Å². The van der Waals surface area contributed by atoms with Crippen LogP contribution in [-0.2, 0) is 9.47 Å². The lowest BCUT2D eigenvalue weighted by Crippen LogP contribution is -2.21. The van der Waals surface area contributed by atoms with Gasteiger partial charge in [-0.25, -0.2) is 9.59 Å². The molecule has 2 amide bonds. The minimum absolute atomic E-state index is 0.0710. The molecule has 0 heterocycles. The average Bonchev–Trinajstić information content (AvgIpc) is 3.26. The molecule has 0 aromatic heterocycles. The van der Waals surface area contributed by atoms with E-state index in [0.717, 1.165) is 22.3 Å². The van der Waals surface area contributed by atoms with Crippen LogP contribution in [0.2, 0.25) is 0 Å². The van der Waals surface area contributed by atoms with Crippen molar-refractivity contribution in [1.29, 1.82) is 0 Å². The third-order valence-electron chi connectivity index (χ3n) is 6.38. The van der Waals surface area contributed by atoms with Crippen LogP contribution >= 0.6 is 0 Å². The highest BCUT2D eigenvalue weighted by Crippen LogP contribution is 2.44. The van der Waals surface area contributed by atoms with Crippen LogP contribution in [0.15, 0.2) is 97.1 Å². The summed E-state index contributed by atoms with van der Waals surface area (Å²) in [6.07, 6.45) is -0.656. The number of benzene rings is 4. The van der Waals surface area contributed by atoms with E-state index in [1.165, 1.54) is 6.07 Å². The third kappa shape index (κ3) is 5.13. The van der Waals surface area contributed by atoms with Gasteiger partial charge in [0.05, 0.1) is 23.4 Å². The predicted octanol–water partition coefficient (Wildman–Crippen LogP) is 6.48. The standard InChI is InChI=1S/C31H26N2O5/c1-2-37-30(35)20-10-9-11-21(18-20)32-29(34)26-16-7-8-17-28(26)33-31(36)38-19-27-24-14-5-3-12-22(24)23-13-4-6-15-25(23)27/h3-18,27H,2,19H2,1H3,(H,32,34)(H,33,36). The Balaban J connectivity index is 1.26. The number of para-hydroxylation sites is 1. The van der Waals surface area contributed by atoms with Crippen molar-refractivity contribution >= 4 is 29.3 Å². The van der Waals surface area contributed by atoms with Crippen LogP contribution in [0.25, 0.3) is 11.1 Å². The molecule has 0 atom stereocenters. The zero-order chi connectivity index (χ0) is 26.5. The lowest BCUT2D eigenvalue weighted by atomic mass is 9.98. The molecular formula is C31H26N2O5. The summed E-state index contributed by atoms with van der Waals surface area (Å²) in [5.74, 6) is -0.986. The first kappa shape index (κ1) is 24.8. The van der Waals surface area contributed by atoms with Gasteiger partial charge < -0.3 is 14.8 Å². The molecule has 0 bridgehead atoms. The van der Waals surface area contributed by atoms with E-state index in [1.54, 1.807) is 49.4 Å². The fraction of sp³-hybridized carbons (Fsp3) is 0.129. The fourth-order valence-corrected chi connectivity index (χ4v) is 4.67. The number of anilines is 2. The monoisotopic (exact) mass is 506 g/mol. The van der Waals surface area contributed by atoms with Crippen molar-refractivity contribution < 1.29 is 23.9 Å². The molecule has 190 valence electrons. The summed E-state index contributed by atoms with van der Waals surface area (Å²) in [5, 5.41) is 5.47. The average molecular weight is 507 g/mol. The smallest absolute Gasteiger partial charge is 0.411 e. The van der Waals surface area contributed by atoms with Crippen molar-refractivity contribution in [2.45, 2.75) is 12.8 Å². The van der Waals surface area contributed by atoms with E-state index in [1.807, 2.05) is 24.3 Å². The summed E-state index contributed by atoms with van der Waals surface area (Å²) in [6.45, 7) is 2.14. The Labute approximate surface area is 220 Å². The zero-order valence-electron chi connectivity index (χ0n) is 20.8. The molecule has 5 rings (SSSR count). The molecule has 4 aromatic carbocycles. The third-order valence-corrected chi connectivity index (χ3v) is 6.38. The molecular weight excluding hydrogens is 480 g/mol. The Hall–Kier alpha value is -4.91. The van der Waals surface area contributed by atoms with Gasteiger partial charge in [0.1, 0.15) is 6.61 Å². The number of nitrogens with one attached hydrogen (secondary N) is 2. The summed E-state index contributed by atoms with van der Waals surface area (Å²) in [4.78, 5) is 37.9. The maximum atomic E-state index is 13.0. The van der Waals surface area contributed by atoms with Crippen molar-refractivity contribution in [1.82, 2.24) is 0 Å². The summed E-state index contributed by atoms with van der Waals surface area (Å²) in [7, 11) is 0. The van der Waals surface area contributed by atoms with Crippen molar-refractivity contribution in [2.24, 2.45) is 0 Å².